The summed E-state index contributed by atoms with van der Waals surface area (Å²) < 4.78 is 2.04. The molecule has 4 heterocycles. The van der Waals surface area contributed by atoms with Gasteiger partial charge in [-0.15, -0.1) is 0 Å². The van der Waals surface area contributed by atoms with Crippen molar-refractivity contribution in [3.8, 4) is 0 Å². The zero-order valence-corrected chi connectivity index (χ0v) is 12.1. The number of nitrogens with zero attached hydrogens (tertiary/aromatic N) is 5. The van der Waals surface area contributed by atoms with Crippen molar-refractivity contribution in [2.24, 2.45) is 0 Å². The van der Waals surface area contributed by atoms with Gasteiger partial charge in [0.15, 0.2) is 11.5 Å². The number of hydrogen-bond acceptors (Lipinski definition) is 6. The van der Waals surface area contributed by atoms with Crippen molar-refractivity contribution in [1.29, 1.82) is 0 Å². The van der Waals surface area contributed by atoms with Crippen LogP contribution >= 0.6 is 0 Å². The van der Waals surface area contributed by atoms with Gasteiger partial charge in [-0.2, -0.15) is 0 Å². The largest absolute Gasteiger partial charge is 0.336 e. The van der Waals surface area contributed by atoms with Crippen LogP contribution in [0, 0.1) is 0 Å². The van der Waals surface area contributed by atoms with Gasteiger partial charge >= 0.3 is 0 Å². The summed E-state index contributed by atoms with van der Waals surface area (Å²) in [5, 5.41) is 5.21. The van der Waals surface area contributed by atoms with Crippen molar-refractivity contribution < 1.29 is 0 Å². The number of imidazole rings is 1. The SMILES string of the molecule is CN1C=C(c2cnc3c(Nc4cccnc4)nccn23)CN1. The van der Waals surface area contributed by atoms with E-state index in [9.17, 15) is 0 Å². The maximum Gasteiger partial charge on any atom is 0.180 e. The summed E-state index contributed by atoms with van der Waals surface area (Å²) in [6, 6.07) is 3.82. The molecule has 7 heteroatoms. The summed E-state index contributed by atoms with van der Waals surface area (Å²) >= 11 is 0. The highest BCUT2D eigenvalue weighted by Crippen LogP contribution is 2.23. The molecule has 110 valence electrons. The van der Waals surface area contributed by atoms with Gasteiger partial charge in [0.25, 0.3) is 0 Å². The Kier molecular flexibility index (Phi) is 2.97. The molecule has 0 amide bonds. The molecule has 7 nitrogen and oxygen atoms in total. The first-order chi connectivity index (χ1) is 10.8. The number of aromatic nitrogens is 4. The van der Waals surface area contributed by atoms with Gasteiger partial charge in [0.05, 0.1) is 23.8 Å². The molecule has 3 aromatic heterocycles. The normalized spacial score (nSPS) is 14.4. The van der Waals surface area contributed by atoms with Crippen molar-refractivity contribution in [2.45, 2.75) is 0 Å². The second-order valence-corrected chi connectivity index (χ2v) is 5.08. The molecule has 4 rings (SSSR count). The smallest absolute Gasteiger partial charge is 0.180 e. The third-order valence-corrected chi connectivity index (χ3v) is 3.55. The minimum absolute atomic E-state index is 0.710. The van der Waals surface area contributed by atoms with E-state index in [-0.39, 0.29) is 0 Å². The van der Waals surface area contributed by atoms with Crippen LogP contribution in [0.2, 0.25) is 0 Å². The molecule has 0 saturated carbocycles. The first-order valence-electron chi connectivity index (χ1n) is 6.98. The molecule has 22 heavy (non-hydrogen) atoms. The Balaban J connectivity index is 1.76. The summed E-state index contributed by atoms with van der Waals surface area (Å²) in [4.78, 5) is 13.0. The van der Waals surface area contributed by atoms with Crippen LogP contribution in [-0.4, -0.2) is 38.0 Å². The van der Waals surface area contributed by atoms with Gasteiger partial charge in [-0.25, -0.2) is 15.4 Å². The van der Waals surface area contributed by atoms with Crippen LogP contribution < -0.4 is 10.7 Å². The summed E-state index contributed by atoms with van der Waals surface area (Å²) in [5.74, 6) is 0.710. The Labute approximate surface area is 127 Å². The Hall–Kier alpha value is -2.93. The quantitative estimate of drug-likeness (QED) is 0.765. The monoisotopic (exact) mass is 293 g/mol. The fraction of sp³-hybridized carbons (Fsp3) is 0.133. The zero-order valence-electron chi connectivity index (χ0n) is 12.1. The topological polar surface area (TPSA) is 70.4 Å². The maximum atomic E-state index is 4.51. The number of pyridine rings is 1. The second-order valence-electron chi connectivity index (χ2n) is 5.08. The molecule has 0 atom stereocenters. The molecule has 0 fully saturated rings. The molecule has 0 bridgehead atoms. The van der Waals surface area contributed by atoms with Gasteiger partial charge in [0, 0.05) is 44.0 Å². The maximum absolute atomic E-state index is 4.51. The fourth-order valence-corrected chi connectivity index (χ4v) is 2.51. The molecule has 0 unspecified atom stereocenters. The second kappa shape index (κ2) is 5.12. The molecule has 0 spiro atoms. The lowest BCUT2D eigenvalue weighted by Crippen LogP contribution is -2.23. The van der Waals surface area contributed by atoms with E-state index < -0.39 is 0 Å². The highest BCUT2D eigenvalue weighted by atomic mass is 15.5. The van der Waals surface area contributed by atoms with E-state index in [0.29, 0.717) is 5.82 Å². The summed E-state index contributed by atoms with van der Waals surface area (Å²) in [5.41, 5.74) is 7.16. The first kappa shape index (κ1) is 12.8. The lowest BCUT2D eigenvalue weighted by atomic mass is 10.2. The molecule has 0 aromatic carbocycles. The average molecular weight is 293 g/mol. The first-order valence-corrected chi connectivity index (χ1v) is 6.98. The molecule has 1 aliphatic rings. The Morgan fingerprint density at radius 2 is 2.18 bits per heavy atom. The van der Waals surface area contributed by atoms with E-state index in [4.69, 9.17) is 0 Å². The predicted molar refractivity (Wildman–Crippen MR) is 84.2 cm³/mol. The minimum Gasteiger partial charge on any atom is -0.336 e. The minimum atomic E-state index is 0.710. The van der Waals surface area contributed by atoms with Crippen LogP contribution in [-0.2, 0) is 0 Å². The Morgan fingerprint density at radius 1 is 1.23 bits per heavy atom. The lowest BCUT2D eigenvalue weighted by molar-refractivity contribution is 0.374. The number of rotatable bonds is 3. The van der Waals surface area contributed by atoms with Crippen molar-refractivity contribution in [3.05, 3.63) is 55.0 Å². The highest BCUT2D eigenvalue weighted by molar-refractivity contribution is 5.74. The number of hydrazine groups is 1. The van der Waals surface area contributed by atoms with E-state index in [1.54, 1.807) is 18.6 Å². The summed E-state index contributed by atoms with van der Waals surface area (Å²) in [6.07, 6.45) is 11.1. The van der Waals surface area contributed by atoms with Crippen molar-refractivity contribution in [1.82, 2.24) is 29.8 Å². The molecule has 0 aliphatic carbocycles. The van der Waals surface area contributed by atoms with Gasteiger partial charge in [0.1, 0.15) is 0 Å². The van der Waals surface area contributed by atoms with Crippen LogP contribution in [0.1, 0.15) is 5.69 Å². The van der Waals surface area contributed by atoms with Gasteiger partial charge < -0.3 is 10.3 Å². The molecule has 2 N–H and O–H groups in total. The third kappa shape index (κ3) is 2.17. The molecule has 0 saturated heterocycles. The van der Waals surface area contributed by atoms with Crippen LogP contribution in [0.25, 0.3) is 11.2 Å². The number of anilines is 2. The Bertz CT molecular complexity index is 837. The van der Waals surface area contributed by atoms with Gasteiger partial charge in [-0.05, 0) is 12.1 Å². The van der Waals surface area contributed by atoms with Crippen LogP contribution in [0.3, 0.4) is 0 Å². The fourth-order valence-electron chi connectivity index (χ4n) is 2.51. The number of nitrogens with one attached hydrogen (secondary N) is 2. The number of hydrogen-bond donors (Lipinski definition) is 2. The summed E-state index contributed by atoms with van der Waals surface area (Å²) in [6.45, 7) is 0.790. The Morgan fingerprint density at radius 3 is 2.95 bits per heavy atom. The third-order valence-electron chi connectivity index (χ3n) is 3.55. The highest BCUT2D eigenvalue weighted by Gasteiger charge is 2.16. The zero-order chi connectivity index (χ0) is 14.9. The van der Waals surface area contributed by atoms with E-state index >= 15 is 0 Å². The predicted octanol–water partition coefficient (Wildman–Crippen LogP) is 1.66. The van der Waals surface area contributed by atoms with E-state index in [0.717, 1.165) is 23.6 Å². The van der Waals surface area contributed by atoms with Crippen LogP contribution in [0.4, 0.5) is 11.5 Å². The van der Waals surface area contributed by atoms with Gasteiger partial charge in [-0.1, -0.05) is 0 Å². The van der Waals surface area contributed by atoms with E-state index in [2.05, 4.69) is 31.9 Å². The van der Waals surface area contributed by atoms with Crippen LogP contribution in [0.15, 0.2) is 49.3 Å². The molecule has 0 radical (unpaired) electrons. The lowest BCUT2D eigenvalue weighted by Gasteiger charge is -2.07. The standard InChI is InChI=1S/C15H15N7/c1-21-10-11(7-19-21)13-9-18-15-14(17-5-6-22(13)15)20-12-3-2-4-16-8-12/h2-6,8-10,19H,7H2,1H3,(H,17,20). The van der Waals surface area contributed by atoms with Gasteiger partial charge in [0.2, 0.25) is 0 Å². The van der Waals surface area contributed by atoms with Crippen LogP contribution in [0.5, 0.6) is 0 Å². The van der Waals surface area contributed by atoms with Gasteiger partial charge in [-0.3, -0.25) is 9.38 Å². The summed E-state index contributed by atoms with van der Waals surface area (Å²) in [7, 11) is 1.98. The van der Waals surface area contributed by atoms with Crippen molar-refractivity contribution in [2.75, 3.05) is 18.9 Å². The molecule has 1 aliphatic heterocycles. The van der Waals surface area contributed by atoms with Crippen molar-refractivity contribution >= 4 is 22.7 Å². The van der Waals surface area contributed by atoms with E-state index in [1.807, 2.05) is 41.0 Å². The molecular formula is C15H15N7. The van der Waals surface area contributed by atoms with Crippen molar-refractivity contribution in [3.63, 3.8) is 0 Å². The molecule has 3 aromatic rings. The number of fused-ring (bicyclic) bond motifs is 1. The average Bonchev–Trinajstić information content (AvgIpc) is 3.15. The molecular weight excluding hydrogens is 278 g/mol. The van der Waals surface area contributed by atoms with E-state index in [1.165, 1.54) is 5.57 Å².